The second-order valence-corrected chi connectivity index (χ2v) is 9.13. The highest BCUT2D eigenvalue weighted by Gasteiger charge is 2.37. The maximum absolute atomic E-state index is 13.0. The Morgan fingerprint density at radius 2 is 1.68 bits per heavy atom. The van der Waals surface area contributed by atoms with Crippen molar-refractivity contribution in [2.45, 2.75) is 33.0 Å². The van der Waals surface area contributed by atoms with Gasteiger partial charge in [0.25, 0.3) is 16.1 Å². The lowest BCUT2D eigenvalue weighted by molar-refractivity contribution is -0.0457. The summed E-state index contributed by atoms with van der Waals surface area (Å²) in [6.45, 7) is 8.10. The molecule has 8 nitrogen and oxygen atoms in total. The number of morpholine rings is 1. The zero-order valence-electron chi connectivity index (χ0n) is 16.7. The Kier molecular flexibility index (Phi) is 6.59. The predicted molar refractivity (Wildman–Crippen MR) is 106 cm³/mol. The van der Waals surface area contributed by atoms with Gasteiger partial charge in [0.1, 0.15) is 5.75 Å². The van der Waals surface area contributed by atoms with Crippen molar-refractivity contribution in [3.63, 3.8) is 0 Å². The zero-order valence-corrected chi connectivity index (χ0v) is 17.5. The molecule has 2 aliphatic rings. The van der Waals surface area contributed by atoms with Crippen LogP contribution in [0.1, 0.15) is 31.1 Å². The smallest absolute Gasteiger partial charge is 0.282 e. The van der Waals surface area contributed by atoms with E-state index in [1.807, 2.05) is 26.8 Å². The van der Waals surface area contributed by atoms with Gasteiger partial charge in [0.15, 0.2) is 0 Å². The highest BCUT2D eigenvalue weighted by atomic mass is 32.2. The molecule has 0 radical (unpaired) electrons. The van der Waals surface area contributed by atoms with Gasteiger partial charge in [0.05, 0.1) is 24.4 Å². The molecule has 2 fully saturated rings. The van der Waals surface area contributed by atoms with Crippen LogP contribution in [0.3, 0.4) is 0 Å². The average molecular weight is 412 g/mol. The predicted octanol–water partition coefficient (Wildman–Crippen LogP) is 1.20. The Bertz CT molecular complexity index is 783. The van der Waals surface area contributed by atoms with Gasteiger partial charge in [-0.15, -0.1) is 0 Å². The van der Waals surface area contributed by atoms with Gasteiger partial charge in [-0.05, 0) is 32.9 Å². The first-order chi connectivity index (χ1) is 13.3. The molecule has 2 heterocycles. The summed E-state index contributed by atoms with van der Waals surface area (Å²) in [6.07, 6.45) is -0.257. The highest BCUT2D eigenvalue weighted by molar-refractivity contribution is 7.86. The molecule has 2 atom stereocenters. The van der Waals surface area contributed by atoms with Crippen molar-refractivity contribution in [3.05, 3.63) is 29.8 Å². The fraction of sp³-hybridized carbons (Fsp3) is 0.632. The Labute approximate surface area is 167 Å². The molecule has 0 unspecified atom stereocenters. The summed E-state index contributed by atoms with van der Waals surface area (Å²) in [7, 11) is -3.56. The first kappa shape index (κ1) is 21.0. The number of nitrogens with zero attached hydrogens (tertiary/aromatic N) is 3. The monoisotopic (exact) mass is 411 g/mol. The van der Waals surface area contributed by atoms with Crippen molar-refractivity contribution in [2.75, 3.05) is 45.9 Å². The lowest BCUT2D eigenvalue weighted by Crippen LogP contribution is -2.57. The number of carbonyl (C=O) groups excluding carboxylic acids is 1. The molecule has 0 aromatic heterocycles. The lowest BCUT2D eigenvalue weighted by atomic mass is 10.1. The van der Waals surface area contributed by atoms with Crippen LogP contribution in [0.25, 0.3) is 0 Å². The van der Waals surface area contributed by atoms with Gasteiger partial charge in [0.2, 0.25) is 0 Å². The standard InChI is InChI=1S/C19H29N3O5S/c1-4-26-18-8-6-5-7-17(18)19(23)20-9-11-21(12-10-20)28(24,25)22-13-15(2)27-16(3)14-22/h5-8,15-16H,4,9-14H2,1-3H3/t15-,16-/m0/s1. The van der Waals surface area contributed by atoms with Crippen LogP contribution < -0.4 is 4.74 Å². The maximum Gasteiger partial charge on any atom is 0.282 e. The molecule has 0 spiro atoms. The zero-order chi connectivity index (χ0) is 20.3. The fourth-order valence-electron chi connectivity index (χ4n) is 3.70. The van der Waals surface area contributed by atoms with E-state index in [1.165, 1.54) is 8.61 Å². The maximum atomic E-state index is 13.0. The molecule has 0 aliphatic carbocycles. The second-order valence-electron chi connectivity index (χ2n) is 7.20. The molecule has 1 amide bonds. The molecule has 2 aliphatic heterocycles. The van der Waals surface area contributed by atoms with Crippen LogP contribution in [0.4, 0.5) is 0 Å². The Balaban J connectivity index is 1.65. The van der Waals surface area contributed by atoms with E-state index < -0.39 is 10.2 Å². The molecule has 1 aromatic rings. The highest BCUT2D eigenvalue weighted by Crippen LogP contribution is 2.22. The Hall–Kier alpha value is -1.68. The van der Waals surface area contributed by atoms with Crippen LogP contribution in [-0.4, -0.2) is 85.9 Å². The molecule has 0 saturated carbocycles. The van der Waals surface area contributed by atoms with Crippen LogP contribution in [0.5, 0.6) is 5.75 Å². The number of ether oxygens (including phenoxy) is 2. The third-order valence-corrected chi connectivity index (χ3v) is 6.95. The van der Waals surface area contributed by atoms with Crippen molar-refractivity contribution in [2.24, 2.45) is 0 Å². The molecule has 0 bridgehead atoms. The van der Waals surface area contributed by atoms with E-state index in [1.54, 1.807) is 23.1 Å². The van der Waals surface area contributed by atoms with Crippen LogP contribution in [0.15, 0.2) is 24.3 Å². The van der Waals surface area contributed by atoms with Crippen molar-refractivity contribution in [1.29, 1.82) is 0 Å². The van der Waals surface area contributed by atoms with Crippen LogP contribution in [-0.2, 0) is 14.9 Å². The van der Waals surface area contributed by atoms with Gasteiger partial charge in [-0.25, -0.2) is 0 Å². The topological polar surface area (TPSA) is 79.4 Å². The normalized spacial score (nSPS) is 24.9. The SMILES string of the molecule is CCOc1ccccc1C(=O)N1CCN(S(=O)(=O)N2C[C@H](C)O[C@@H](C)C2)CC1. The van der Waals surface area contributed by atoms with Crippen LogP contribution in [0.2, 0.25) is 0 Å². The number of hydrogen-bond acceptors (Lipinski definition) is 5. The average Bonchev–Trinajstić information content (AvgIpc) is 2.67. The Morgan fingerprint density at radius 1 is 1.07 bits per heavy atom. The van der Waals surface area contributed by atoms with E-state index in [4.69, 9.17) is 9.47 Å². The van der Waals surface area contributed by atoms with Crippen molar-refractivity contribution < 1.29 is 22.7 Å². The summed E-state index contributed by atoms with van der Waals surface area (Å²) >= 11 is 0. The molecule has 156 valence electrons. The van der Waals surface area contributed by atoms with Gasteiger partial charge < -0.3 is 14.4 Å². The van der Waals surface area contributed by atoms with E-state index >= 15 is 0 Å². The number of carbonyl (C=O) groups is 1. The van der Waals surface area contributed by atoms with Crippen molar-refractivity contribution in [3.8, 4) is 5.75 Å². The summed E-state index contributed by atoms with van der Waals surface area (Å²) in [6, 6.07) is 7.15. The summed E-state index contributed by atoms with van der Waals surface area (Å²) in [5, 5.41) is 0. The van der Waals surface area contributed by atoms with E-state index in [-0.39, 0.29) is 31.2 Å². The van der Waals surface area contributed by atoms with Gasteiger partial charge in [-0.1, -0.05) is 12.1 Å². The van der Waals surface area contributed by atoms with Crippen molar-refractivity contribution in [1.82, 2.24) is 13.5 Å². The number of piperazine rings is 1. The minimum atomic E-state index is -3.56. The van der Waals surface area contributed by atoms with E-state index in [9.17, 15) is 13.2 Å². The molecule has 9 heteroatoms. The number of amides is 1. The van der Waals surface area contributed by atoms with Gasteiger partial charge in [-0.3, -0.25) is 4.79 Å². The van der Waals surface area contributed by atoms with Gasteiger partial charge in [-0.2, -0.15) is 17.0 Å². The molecule has 3 rings (SSSR count). The van der Waals surface area contributed by atoms with E-state index in [2.05, 4.69) is 0 Å². The van der Waals surface area contributed by atoms with Crippen molar-refractivity contribution >= 4 is 16.1 Å². The Morgan fingerprint density at radius 3 is 2.29 bits per heavy atom. The summed E-state index contributed by atoms with van der Waals surface area (Å²) in [5.74, 6) is 0.427. The van der Waals surface area contributed by atoms with Crippen LogP contribution >= 0.6 is 0 Å². The number of para-hydroxylation sites is 1. The number of hydrogen-bond donors (Lipinski definition) is 0. The number of benzene rings is 1. The van der Waals surface area contributed by atoms with Gasteiger partial charge >= 0.3 is 0 Å². The largest absolute Gasteiger partial charge is 0.493 e. The van der Waals surface area contributed by atoms with E-state index in [0.717, 1.165) is 0 Å². The first-order valence-corrected chi connectivity index (χ1v) is 11.1. The summed E-state index contributed by atoms with van der Waals surface area (Å²) in [4.78, 5) is 14.6. The number of rotatable bonds is 5. The molecule has 2 saturated heterocycles. The molecule has 0 N–H and O–H groups in total. The summed E-state index contributed by atoms with van der Waals surface area (Å²) in [5.41, 5.74) is 0.511. The lowest BCUT2D eigenvalue weighted by Gasteiger charge is -2.40. The third kappa shape index (κ3) is 4.48. The quantitative estimate of drug-likeness (QED) is 0.727. The summed E-state index contributed by atoms with van der Waals surface area (Å²) < 4.78 is 40.1. The molecule has 1 aromatic carbocycles. The van der Waals surface area contributed by atoms with Gasteiger partial charge in [0, 0.05) is 39.3 Å². The minimum Gasteiger partial charge on any atom is -0.493 e. The minimum absolute atomic E-state index is 0.128. The van der Waals surface area contributed by atoms with Crippen LogP contribution in [0, 0.1) is 0 Å². The first-order valence-electron chi connectivity index (χ1n) is 9.74. The fourth-order valence-corrected chi connectivity index (χ4v) is 5.45. The molecule has 28 heavy (non-hydrogen) atoms. The molecular formula is C19H29N3O5S. The third-order valence-electron chi connectivity index (χ3n) is 4.98. The molecular weight excluding hydrogens is 382 g/mol. The van der Waals surface area contributed by atoms with E-state index in [0.29, 0.717) is 44.1 Å². The second kappa shape index (κ2) is 8.77.